The van der Waals surface area contributed by atoms with Gasteiger partial charge in [0.2, 0.25) is 12.5 Å². The topological polar surface area (TPSA) is 77.4 Å². The lowest BCUT2D eigenvalue weighted by atomic mass is 10.0. The molecule has 0 atom stereocenters. The molecule has 138 valence electrons. The Morgan fingerprint density at radius 3 is 2.64 bits per heavy atom. The van der Waals surface area contributed by atoms with E-state index in [-0.39, 0.29) is 12.5 Å². The minimum atomic E-state index is 0.000846. The molecule has 0 fully saturated rings. The summed E-state index contributed by atoms with van der Waals surface area (Å²) in [7, 11) is 0. The number of benzene rings is 2. The lowest BCUT2D eigenvalue weighted by Gasteiger charge is -2.12. The number of fused-ring (bicyclic) bond motifs is 1. The van der Waals surface area contributed by atoms with Gasteiger partial charge in [-0.2, -0.15) is 0 Å². The Kier molecular flexibility index (Phi) is 3.95. The molecule has 1 aliphatic rings. The van der Waals surface area contributed by atoms with E-state index in [1.165, 1.54) is 0 Å². The monoisotopic (exact) mass is 389 g/mol. The summed E-state index contributed by atoms with van der Waals surface area (Å²) in [5, 5.41) is 13.7. The fourth-order valence-electron chi connectivity index (χ4n) is 3.14. The summed E-state index contributed by atoms with van der Waals surface area (Å²) in [6.45, 7) is 2.04. The minimum Gasteiger partial charge on any atom is -0.504 e. The summed E-state index contributed by atoms with van der Waals surface area (Å²) in [6, 6.07) is 13.3. The van der Waals surface area contributed by atoms with E-state index in [4.69, 9.17) is 14.5 Å². The number of ether oxygens (including phenoxy) is 2. The third-order valence-electron chi connectivity index (χ3n) is 4.48. The molecule has 0 saturated carbocycles. The van der Waals surface area contributed by atoms with E-state index in [0.717, 1.165) is 21.8 Å². The number of hydrogen-bond donors (Lipinski definition) is 1. The predicted octanol–water partition coefficient (Wildman–Crippen LogP) is 4.68. The maximum atomic E-state index is 10.8. The van der Waals surface area contributed by atoms with Crippen molar-refractivity contribution in [2.45, 2.75) is 6.92 Å². The summed E-state index contributed by atoms with van der Waals surface area (Å²) in [5.41, 5.74) is 3.55. The van der Waals surface area contributed by atoms with Gasteiger partial charge in [0.15, 0.2) is 17.3 Å². The van der Waals surface area contributed by atoms with Crippen LogP contribution in [0.5, 0.6) is 17.2 Å². The van der Waals surface area contributed by atoms with E-state index in [0.29, 0.717) is 28.6 Å². The van der Waals surface area contributed by atoms with Crippen molar-refractivity contribution in [3.05, 3.63) is 59.0 Å². The number of aromatic nitrogens is 3. The Hall–Kier alpha value is -3.45. The number of rotatable bonds is 3. The maximum absolute atomic E-state index is 10.8. The molecule has 3 heterocycles. The molecule has 2 aromatic carbocycles. The van der Waals surface area contributed by atoms with Gasteiger partial charge in [-0.3, -0.25) is 0 Å². The second-order valence-corrected chi connectivity index (χ2v) is 7.33. The van der Waals surface area contributed by atoms with Crippen molar-refractivity contribution in [1.29, 1.82) is 0 Å². The standard InChI is InChI=1S/C21H15N3O3S/c1-12-23-16(10-28-12)15-9-22-21(13-5-3-2-4-6-13)24-18(15)14-7-8-17-20(19(14)25)27-11-26-17/h2-10,25H,11H2,1H3. The van der Waals surface area contributed by atoms with Crippen LogP contribution in [0.1, 0.15) is 5.01 Å². The average Bonchev–Trinajstić information content (AvgIpc) is 3.38. The van der Waals surface area contributed by atoms with Crippen molar-refractivity contribution in [2.75, 3.05) is 6.79 Å². The lowest BCUT2D eigenvalue weighted by molar-refractivity contribution is 0.171. The van der Waals surface area contributed by atoms with Gasteiger partial charge in [-0.05, 0) is 19.1 Å². The highest BCUT2D eigenvalue weighted by Gasteiger charge is 2.24. The molecule has 2 aromatic heterocycles. The van der Waals surface area contributed by atoms with Gasteiger partial charge < -0.3 is 14.6 Å². The molecule has 0 unspecified atom stereocenters. The molecule has 5 rings (SSSR count). The average molecular weight is 389 g/mol. The van der Waals surface area contributed by atoms with Crippen LogP contribution in [0.2, 0.25) is 0 Å². The highest BCUT2D eigenvalue weighted by Crippen LogP contribution is 2.47. The minimum absolute atomic E-state index is 0.000846. The van der Waals surface area contributed by atoms with Crippen molar-refractivity contribution in [3.63, 3.8) is 0 Å². The Morgan fingerprint density at radius 2 is 1.86 bits per heavy atom. The molecule has 0 amide bonds. The molecule has 7 heteroatoms. The summed E-state index contributed by atoms with van der Waals surface area (Å²) < 4.78 is 10.8. The predicted molar refractivity (Wildman–Crippen MR) is 107 cm³/mol. The highest BCUT2D eigenvalue weighted by molar-refractivity contribution is 7.09. The van der Waals surface area contributed by atoms with Crippen molar-refractivity contribution >= 4 is 11.3 Å². The third-order valence-corrected chi connectivity index (χ3v) is 5.26. The van der Waals surface area contributed by atoms with Crippen LogP contribution < -0.4 is 9.47 Å². The molecular formula is C21H15N3O3S. The normalized spacial score (nSPS) is 12.3. The number of nitrogens with zero attached hydrogens (tertiary/aromatic N) is 3. The van der Waals surface area contributed by atoms with Crippen molar-refractivity contribution in [1.82, 2.24) is 15.0 Å². The van der Waals surface area contributed by atoms with Gasteiger partial charge in [0.1, 0.15) is 0 Å². The second-order valence-electron chi connectivity index (χ2n) is 6.27. The van der Waals surface area contributed by atoms with E-state index < -0.39 is 0 Å². The number of phenolic OH excluding ortho intramolecular Hbond substituents is 1. The van der Waals surface area contributed by atoms with Gasteiger partial charge >= 0.3 is 0 Å². The zero-order valence-corrected chi connectivity index (χ0v) is 15.7. The van der Waals surface area contributed by atoms with Gasteiger partial charge in [0.25, 0.3) is 0 Å². The van der Waals surface area contributed by atoms with Crippen LogP contribution in [-0.2, 0) is 0 Å². The van der Waals surface area contributed by atoms with Gasteiger partial charge in [-0.25, -0.2) is 15.0 Å². The van der Waals surface area contributed by atoms with E-state index in [1.807, 2.05) is 42.6 Å². The van der Waals surface area contributed by atoms with E-state index in [2.05, 4.69) is 9.97 Å². The van der Waals surface area contributed by atoms with Crippen LogP contribution in [0.4, 0.5) is 0 Å². The Balaban J connectivity index is 1.74. The molecule has 0 radical (unpaired) electrons. The Morgan fingerprint density at radius 1 is 1.00 bits per heavy atom. The molecule has 28 heavy (non-hydrogen) atoms. The zero-order chi connectivity index (χ0) is 19.1. The molecule has 1 N–H and O–H groups in total. The fourth-order valence-corrected chi connectivity index (χ4v) is 3.75. The maximum Gasteiger partial charge on any atom is 0.231 e. The van der Waals surface area contributed by atoms with Crippen LogP contribution in [-0.4, -0.2) is 26.9 Å². The Labute approximate surface area is 165 Å². The molecule has 1 aliphatic heterocycles. The molecule has 4 aromatic rings. The molecule has 0 aliphatic carbocycles. The van der Waals surface area contributed by atoms with Crippen molar-refractivity contribution in [2.24, 2.45) is 0 Å². The first-order valence-electron chi connectivity index (χ1n) is 8.67. The first-order chi connectivity index (χ1) is 13.7. The lowest BCUT2D eigenvalue weighted by Crippen LogP contribution is -1.97. The zero-order valence-electron chi connectivity index (χ0n) is 14.9. The number of hydrogen-bond acceptors (Lipinski definition) is 7. The van der Waals surface area contributed by atoms with Gasteiger partial charge in [-0.15, -0.1) is 11.3 Å². The van der Waals surface area contributed by atoms with E-state index >= 15 is 0 Å². The van der Waals surface area contributed by atoms with Crippen LogP contribution >= 0.6 is 11.3 Å². The number of phenols is 1. The van der Waals surface area contributed by atoms with Gasteiger partial charge in [-0.1, -0.05) is 30.3 Å². The van der Waals surface area contributed by atoms with Crippen LogP contribution in [0.25, 0.3) is 33.9 Å². The molecule has 0 bridgehead atoms. The molecule has 0 saturated heterocycles. The van der Waals surface area contributed by atoms with E-state index in [9.17, 15) is 5.11 Å². The number of aryl methyl sites for hydroxylation is 1. The fraction of sp³-hybridized carbons (Fsp3) is 0.0952. The van der Waals surface area contributed by atoms with Crippen LogP contribution in [0, 0.1) is 6.92 Å². The van der Waals surface area contributed by atoms with Crippen molar-refractivity contribution < 1.29 is 14.6 Å². The molecule has 6 nitrogen and oxygen atoms in total. The third kappa shape index (κ3) is 2.76. The summed E-state index contributed by atoms with van der Waals surface area (Å²) in [5.74, 6) is 1.42. The van der Waals surface area contributed by atoms with Crippen molar-refractivity contribution in [3.8, 4) is 51.2 Å². The summed E-state index contributed by atoms with van der Waals surface area (Å²) >= 11 is 1.55. The highest BCUT2D eigenvalue weighted by atomic mass is 32.1. The van der Waals surface area contributed by atoms with Gasteiger partial charge in [0, 0.05) is 28.3 Å². The number of aromatic hydroxyl groups is 1. The smallest absolute Gasteiger partial charge is 0.231 e. The first-order valence-corrected chi connectivity index (χ1v) is 9.55. The molecule has 0 spiro atoms. The first kappa shape index (κ1) is 16.7. The molecular weight excluding hydrogens is 374 g/mol. The quantitative estimate of drug-likeness (QED) is 0.548. The summed E-state index contributed by atoms with van der Waals surface area (Å²) in [6.07, 6.45) is 1.75. The summed E-state index contributed by atoms with van der Waals surface area (Å²) in [4.78, 5) is 13.9. The van der Waals surface area contributed by atoms with Crippen LogP contribution in [0.15, 0.2) is 54.0 Å². The SMILES string of the molecule is Cc1nc(-c2cnc(-c3ccccc3)nc2-c2ccc3c(c2O)OCO3)cs1. The largest absolute Gasteiger partial charge is 0.504 e. The van der Waals surface area contributed by atoms with E-state index in [1.54, 1.807) is 29.7 Å². The number of thiazole rings is 1. The second kappa shape index (κ2) is 6.61. The van der Waals surface area contributed by atoms with Gasteiger partial charge in [0.05, 0.1) is 16.4 Å². The van der Waals surface area contributed by atoms with Crippen LogP contribution in [0.3, 0.4) is 0 Å². The Bertz CT molecular complexity index is 1170.